The Hall–Kier alpha value is -0.820. The Balaban J connectivity index is 3.13. The van der Waals surface area contributed by atoms with E-state index in [1.54, 1.807) is 0 Å². The molecule has 0 spiro atoms. The van der Waals surface area contributed by atoms with Crippen LogP contribution in [0, 0.1) is 0 Å². The minimum atomic E-state index is -4.33. The van der Waals surface area contributed by atoms with Gasteiger partial charge in [0.15, 0.2) is 0 Å². The normalized spacial score (nSPS) is 11.6. The van der Waals surface area contributed by atoms with E-state index in [1.165, 1.54) is 0 Å². The molecule has 0 radical (unpaired) electrons. The van der Waals surface area contributed by atoms with Gasteiger partial charge < -0.3 is 15.2 Å². The standard InChI is InChI=1S/C6H10F3NO3/c7-6(8,9)4-13-2-1-10-3-5(11)12/h10H,1-4H2,(H,11,12). The number of hydrogen-bond donors (Lipinski definition) is 2. The van der Waals surface area contributed by atoms with Gasteiger partial charge in [-0.25, -0.2) is 0 Å². The molecular formula is C6H10F3NO3. The van der Waals surface area contributed by atoms with E-state index in [9.17, 15) is 18.0 Å². The van der Waals surface area contributed by atoms with Gasteiger partial charge in [0.1, 0.15) is 6.61 Å². The second-order valence-corrected chi connectivity index (χ2v) is 2.24. The monoisotopic (exact) mass is 201 g/mol. The van der Waals surface area contributed by atoms with E-state index < -0.39 is 18.8 Å². The molecule has 0 aromatic rings. The summed E-state index contributed by atoms with van der Waals surface area (Å²) in [6.07, 6.45) is -4.33. The predicted octanol–water partition coefficient (Wildman–Crippen LogP) is 0.240. The largest absolute Gasteiger partial charge is 0.480 e. The fourth-order valence-corrected chi connectivity index (χ4v) is 0.528. The molecule has 13 heavy (non-hydrogen) atoms. The van der Waals surface area contributed by atoms with Crippen LogP contribution in [0.2, 0.25) is 0 Å². The Kier molecular flexibility index (Phi) is 5.40. The Labute approximate surface area is 72.7 Å². The Bertz CT molecular complexity index is 160. The van der Waals surface area contributed by atoms with E-state index in [1.807, 2.05) is 0 Å². The molecule has 0 aliphatic heterocycles. The molecule has 0 aliphatic carbocycles. The van der Waals surface area contributed by atoms with Gasteiger partial charge in [-0.15, -0.1) is 0 Å². The smallest absolute Gasteiger partial charge is 0.411 e. The zero-order chi connectivity index (χ0) is 10.3. The van der Waals surface area contributed by atoms with Crippen LogP contribution in [0.4, 0.5) is 13.2 Å². The van der Waals surface area contributed by atoms with Crippen molar-refractivity contribution in [2.75, 3.05) is 26.3 Å². The van der Waals surface area contributed by atoms with Crippen LogP contribution in [-0.2, 0) is 9.53 Å². The molecule has 78 valence electrons. The van der Waals surface area contributed by atoms with Gasteiger partial charge in [0.2, 0.25) is 0 Å². The van der Waals surface area contributed by atoms with Crippen molar-refractivity contribution >= 4 is 5.97 Å². The molecule has 0 amide bonds. The summed E-state index contributed by atoms with van der Waals surface area (Å²) in [7, 11) is 0. The quantitative estimate of drug-likeness (QED) is 0.604. The van der Waals surface area contributed by atoms with Crippen LogP contribution >= 0.6 is 0 Å². The van der Waals surface area contributed by atoms with E-state index in [0.717, 1.165) is 0 Å². The van der Waals surface area contributed by atoms with Crippen LogP contribution in [0.25, 0.3) is 0 Å². The van der Waals surface area contributed by atoms with Crippen LogP contribution in [0.5, 0.6) is 0 Å². The molecule has 0 aromatic carbocycles. The van der Waals surface area contributed by atoms with Crippen LogP contribution in [0.1, 0.15) is 0 Å². The molecule has 0 fully saturated rings. The summed E-state index contributed by atoms with van der Waals surface area (Å²) in [4.78, 5) is 9.91. The zero-order valence-corrected chi connectivity index (χ0v) is 6.73. The van der Waals surface area contributed by atoms with E-state index in [0.29, 0.717) is 0 Å². The van der Waals surface area contributed by atoms with Crippen LogP contribution in [0.15, 0.2) is 0 Å². The van der Waals surface area contributed by atoms with Crippen molar-refractivity contribution in [2.24, 2.45) is 0 Å². The lowest BCUT2D eigenvalue weighted by Crippen LogP contribution is -2.27. The average Bonchev–Trinajstić information content (AvgIpc) is 1.93. The van der Waals surface area contributed by atoms with Crippen molar-refractivity contribution in [3.05, 3.63) is 0 Å². The topological polar surface area (TPSA) is 58.6 Å². The molecule has 0 aliphatic rings. The van der Waals surface area contributed by atoms with Gasteiger partial charge in [-0.05, 0) is 0 Å². The van der Waals surface area contributed by atoms with Gasteiger partial charge in [-0.3, -0.25) is 4.79 Å². The first-order valence-electron chi connectivity index (χ1n) is 3.49. The molecule has 2 N–H and O–H groups in total. The second-order valence-electron chi connectivity index (χ2n) is 2.24. The first-order valence-corrected chi connectivity index (χ1v) is 3.49. The minimum Gasteiger partial charge on any atom is -0.480 e. The first kappa shape index (κ1) is 12.2. The van der Waals surface area contributed by atoms with Crippen LogP contribution in [0.3, 0.4) is 0 Å². The van der Waals surface area contributed by atoms with Crippen molar-refractivity contribution < 1.29 is 27.8 Å². The summed E-state index contributed by atoms with van der Waals surface area (Å²) < 4.78 is 38.6. The Morgan fingerprint density at radius 2 is 2.08 bits per heavy atom. The first-order chi connectivity index (χ1) is 5.92. The summed E-state index contributed by atoms with van der Waals surface area (Å²) in [5.41, 5.74) is 0. The van der Waals surface area contributed by atoms with Gasteiger partial charge in [0.25, 0.3) is 0 Å². The molecule has 0 heterocycles. The Morgan fingerprint density at radius 1 is 1.46 bits per heavy atom. The maximum absolute atomic E-state index is 11.5. The molecule has 0 rings (SSSR count). The maximum Gasteiger partial charge on any atom is 0.411 e. The fraction of sp³-hybridized carbons (Fsp3) is 0.833. The van der Waals surface area contributed by atoms with Crippen molar-refractivity contribution in [3.63, 3.8) is 0 Å². The van der Waals surface area contributed by atoms with Gasteiger partial charge >= 0.3 is 12.1 Å². The number of rotatable bonds is 6. The molecule has 7 heteroatoms. The Morgan fingerprint density at radius 3 is 2.54 bits per heavy atom. The molecule has 0 atom stereocenters. The molecular weight excluding hydrogens is 191 g/mol. The highest BCUT2D eigenvalue weighted by atomic mass is 19.4. The highest BCUT2D eigenvalue weighted by Gasteiger charge is 2.27. The van der Waals surface area contributed by atoms with Crippen LogP contribution < -0.4 is 5.32 Å². The highest BCUT2D eigenvalue weighted by Crippen LogP contribution is 2.13. The van der Waals surface area contributed by atoms with Gasteiger partial charge in [-0.2, -0.15) is 13.2 Å². The number of nitrogens with one attached hydrogen (secondary N) is 1. The van der Waals surface area contributed by atoms with Crippen molar-refractivity contribution in [1.82, 2.24) is 5.32 Å². The van der Waals surface area contributed by atoms with Crippen LogP contribution in [-0.4, -0.2) is 43.6 Å². The van der Waals surface area contributed by atoms with E-state index in [4.69, 9.17) is 5.11 Å². The number of carboxylic acid groups (broad SMARTS) is 1. The molecule has 0 saturated carbocycles. The van der Waals surface area contributed by atoms with Crippen molar-refractivity contribution in [3.8, 4) is 0 Å². The number of carbonyl (C=O) groups is 1. The second kappa shape index (κ2) is 5.76. The van der Waals surface area contributed by atoms with Crippen molar-refractivity contribution in [2.45, 2.75) is 6.18 Å². The molecule has 0 bridgehead atoms. The SMILES string of the molecule is O=C(O)CNCCOCC(F)(F)F. The third kappa shape index (κ3) is 11.2. The lowest BCUT2D eigenvalue weighted by Gasteiger charge is -2.07. The number of halogens is 3. The summed E-state index contributed by atoms with van der Waals surface area (Å²) in [6, 6.07) is 0. The van der Waals surface area contributed by atoms with Gasteiger partial charge in [-0.1, -0.05) is 0 Å². The van der Waals surface area contributed by atoms with Gasteiger partial charge in [0.05, 0.1) is 13.2 Å². The number of aliphatic carboxylic acids is 1. The van der Waals surface area contributed by atoms with Gasteiger partial charge in [0, 0.05) is 6.54 Å². The molecule has 0 unspecified atom stereocenters. The third-order valence-corrected chi connectivity index (χ3v) is 0.965. The molecule has 4 nitrogen and oxygen atoms in total. The maximum atomic E-state index is 11.5. The summed E-state index contributed by atoms with van der Waals surface area (Å²) in [6.45, 7) is -1.66. The zero-order valence-electron chi connectivity index (χ0n) is 6.73. The summed E-state index contributed by atoms with van der Waals surface area (Å²) in [5.74, 6) is -1.06. The highest BCUT2D eigenvalue weighted by molar-refractivity contribution is 5.68. The number of ether oxygens (including phenoxy) is 1. The number of hydrogen-bond acceptors (Lipinski definition) is 3. The fourth-order valence-electron chi connectivity index (χ4n) is 0.528. The lowest BCUT2D eigenvalue weighted by molar-refractivity contribution is -0.173. The average molecular weight is 201 g/mol. The van der Waals surface area contributed by atoms with E-state index in [-0.39, 0.29) is 19.7 Å². The van der Waals surface area contributed by atoms with E-state index in [2.05, 4.69) is 10.1 Å². The minimum absolute atomic E-state index is 0.0857. The predicted molar refractivity (Wildman–Crippen MR) is 37.4 cm³/mol. The summed E-state index contributed by atoms with van der Waals surface area (Å²) >= 11 is 0. The third-order valence-electron chi connectivity index (χ3n) is 0.965. The van der Waals surface area contributed by atoms with Crippen molar-refractivity contribution in [1.29, 1.82) is 0 Å². The summed E-state index contributed by atoms with van der Waals surface area (Å²) in [5, 5.41) is 10.5. The molecule has 0 aromatic heterocycles. The molecule has 0 saturated heterocycles. The lowest BCUT2D eigenvalue weighted by atomic mass is 10.6. The van der Waals surface area contributed by atoms with E-state index >= 15 is 0 Å². The number of carboxylic acids is 1. The number of alkyl halides is 3.